The molecule has 0 N–H and O–H groups in total. The Hall–Kier alpha value is -2.96. The van der Waals surface area contributed by atoms with Crippen LogP contribution in [0.15, 0.2) is 64.6 Å². The van der Waals surface area contributed by atoms with Gasteiger partial charge in [-0.15, -0.1) is 0 Å². The molecule has 1 aliphatic carbocycles. The first-order chi connectivity index (χ1) is 15.1. The molecular weight excluding hydrogens is 392 g/mol. The molecular formula is C25H28N2O4. The van der Waals surface area contributed by atoms with Crippen molar-refractivity contribution in [3.63, 3.8) is 0 Å². The number of furan rings is 1. The summed E-state index contributed by atoms with van der Waals surface area (Å²) in [4.78, 5) is 29.3. The van der Waals surface area contributed by atoms with Crippen LogP contribution in [-0.4, -0.2) is 61.4 Å². The van der Waals surface area contributed by atoms with Crippen molar-refractivity contribution in [3.05, 3.63) is 77.3 Å². The lowest BCUT2D eigenvalue weighted by atomic mass is 10.1. The molecule has 2 aliphatic rings. The van der Waals surface area contributed by atoms with Gasteiger partial charge in [-0.3, -0.25) is 9.69 Å². The van der Waals surface area contributed by atoms with Crippen LogP contribution in [0, 0.1) is 0 Å². The van der Waals surface area contributed by atoms with E-state index in [0.717, 1.165) is 39.3 Å². The minimum Gasteiger partial charge on any atom is -0.466 e. The minimum atomic E-state index is -0.365. The van der Waals surface area contributed by atoms with Gasteiger partial charge < -0.3 is 14.1 Å². The molecule has 0 unspecified atom stereocenters. The van der Waals surface area contributed by atoms with Crippen molar-refractivity contribution < 1.29 is 18.7 Å². The van der Waals surface area contributed by atoms with Gasteiger partial charge >= 0.3 is 5.97 Å². The van der Waals surface area contributed by atoms with Crippen molar-refractivity contribution in [3.8, 4) is 0 Å². The summed E-state index contributed by atoms with van der Waals surface area (Å²) in [6, 6.07) is 14.0. The van der Waals surface area contributed by atoms with Crippen LogP contribution in [0.3, 0.4) is 0 Å². The van der Waals surface area contributed by atoms with E-state index in [4.69, 9.17) is 9.15 Å². The predicted molar refractivity (Wildman–Crippen MR) is 119 cm³/mol. The Morgan fingerprint density at radius 2 is 1.74 bits per heavy atom. The van der Waals surface area contributed by atoms with Crippen molar-refractivity contribution in [2.24, 2.45) is 0 Å². The van der Waals surface area contributed by atoms with E-state index in [1.165, 1.54) is 12.7 Å². The van der Waals surface area contributed by atoms with Crippen LogP contribution in [0.5, 0.6) is 0 Å². The first-order valence-electron chi connectivity index (χ1n) is 10.7. The molecule has 0 radical (unpaired) electrons. The van der Waals surface area contributed by atoms with E-state index >= 15 is 0 Å². The third-order valence-corrected chi connectivity index (χ3v) is 5.88. The number of carbonyl (C=O) groups is 2. The minimum absolute atomic E-state index is 0.0137. The van der Waals surface area contributed by atoms with Gasteiger partial charge in [0.2, 0.25) is 0 Å². The summed E-state index contributed by atoms with van der Waals surface area (Å²) in [6.45, 7) is 5.63. The van der Waals surface area contributed by atoms with E-state index in [9.17, 15) is 9.59 Å². The second-order valence-corrected chi connectivity index (χ2v) is 7.93. The van der Waals surface area contributed by atoms with Crippen LogP contribution >= 0.6 is 0 Å². The smallest absolute Gasteiger partial charge is 0.334 e. The molecule has 2 aromatic rings. The van der Waals surface area contributed by atoms with Gasteiger partial charge in [0.15, 0.2) is 11.5 Å². The van der Waals surface area contributed by atoms with E-state index in [1.54, 1.807) is 12.1 Å². The standard InChI is InChI=1S/C25H28N2O4/c1-30-25(29)21-9-5-8-20(21)23-10-11-24(31-23)22(28)12-13-26-14-16-27(17-15-26)18-19-6-3-2-4-7-19/h2-8,10-11H,9,12-18H2,1H3. The molecule has 4 rings (SSSR count). The molecule has 1 aromatic carbocycles. The highest BCUT2D eigenvalue weighted by molar-refractivity contribution is 6.01. The largest absolute Gasteiger partial charge is 0.466 e. The number of methoxy groups -OCH3 is 1. The number of Topliss-reactive ketones (excluding diaryl/α,β-unsaturated/α-hetero) is 1. The highest BCUT2D eigenvalue weighted by atomic mass is 16.5. The zero-order valence-corrected chi connectivity index (χ0v) is 17.9. The Kier molecular flexibility index (Phi) is 6.79. The van der Waals surface area contributed by atoms with E-state index in [-0.39, 0.29) is 11.8 Å². The van der Waals surface area contributed by atoms with Gasteiger partial charge in [0.25, 0.3) is 0 Å². The molecule has 0 atom stereocenters. The van der Waals surface area contributed by atoms with Crippen LogP contribution in [-0.2, 0) is 16.1 Å². The summed E-state index contributed by atoms with van der Waals surface area (Å²) >= 11 is 0. The normalized spacial score (nSPS) is 17.3. The van der Waals surface area contributed by atoms with Crippen LogP contribution in [0.25, 0.3) is 5.57 Å². The van der Waals surface area contributed by atoms with Crippen molar-refractivity contribution in [2.75, 3.05) is 39.8 Å². The summed E-state index contributed by atoms with van der Waals surface area (Å²) in [7, 11) is 1.36. The molecule has 0 spiro atoms. The topological polar surface area (TPSA) is 63.0 Å². The number of rotatable bonds is 8. The zero-order chi connectivity index (χ0) is 21.6. The Morgan fingerprint density at radius 1 is 1.00 bits per heavy atom. The second kappa shape index (κ2) is 9.90. The van der Waals surface area contributed by atoms with E-state index in [1.807, 2.05) is 18.2 Å². The van der Waals surface area contributed by atoms with E-state index in [2.05, 4.69) is 34.1 Å². The fourth-order valence-electron chi connectivity index (χ4n) is 4.08. The van der Waals surface area contributed by atoms with Gasteiger partial charge in [0.1, 0.15) is 5.76 Å². The Labute approximate surface area is 182 Å². The number of ketones is 1. The number of allylic oxidation sites excluding steroid dienone is 3. The lowest BCUT2D eigenvalue weighted by Crippen LogP contribution is -2.46. The van der Waals surface area contributed by atoms with Crippen molar-refractivity contribution in [1.82, 2.24) is 9.80 Å². The summed E-state index contributed by atoms with van der Waals surface area (Å²) < 4.78 is 10.6. The third-order valence-electron chi connectivity index (χ3n) is 5.88. The number of hydrogen-bond acceptors (Lipinski definition) is 6. The summed E-state index contributed by atoms with van der Waals surface area (Å²) in [5.74, 6) is 0.498. The number of piperazine rings is 1. The van der Waals surface area contributed by atoms with Crippen molar-refractivity contribution >= 4 is 17.3 Å². The Bertz CT molecular complexity index is 982. The Morgan fingerprint density at radius 3 is 2.48 bits per heavy atom. The first kappa shape index (κ1) is 21.3. The second-order valence-electron chi connectivity index (χ2n) is 7.93. The fraction of sp³-hybridized carbons (Fsp3) is 0.360. The molecule has 0 amide bonds. The van der Waals surface area contributed by atoms with Gasteiger partial charge in [0, 0.05) is 51.3 Å². The van der Waals surface area contributed by atoms with Gasteiger partial charge in [-0.05, 0) is 24.1 Å². The summed E-state index contributed by atoms with van der Waals surface area (Å²) in [6.07, 6.45) is 4.67. The average Bonchev–Trinajstić information content (AvgIpc) is 3.48. The van der Waals surface area contributed by atoms with Gasteiger partial charge in [-0.1, -0.05) is 42.5 Å². The molecule has 1 fully saturated rings. The summed E-state index contributed by atoms with van der Waals surface area (Å²) in [5.41, 5.74) is 2.59. The molecule has 0 saturated carbocycles. The van der Waals surface area contributed by atoms with Crippen LogP contribution < -0.4 is 0 Å². The number of ether oxygens (including phenoxy) is 1. The molecule has 6 nitrogen and oxygen atoms in total. The zero-order valence-electron chi connectivity index (χ0n) is 17.9. The molecule has 6 heteroatoms. The molecule has 31 heavy (non-hydrogen) atoms. The number of nitrogens with zero attached hydrogens (tertiary/aromatic N) is 2. The van der Waals surface area contributed by atoms with Crippen molar-refractivity contribution in [1.29, 1.82) is 0 Å². The monoisotopic (exact) mass is 420 g/mol. The molecule has 1 saturated heterocycles. The van der Waals surface area contributed by atoms with Gasteiger partial charge in [-0.2, -0.15) is 0 Å². The quantitative estimate of drug-likeness (QED) is 0.481. The number of benzene rings is 1. The van der Waals surface area contributed by atoms with Crippen LogP contribution in [0.4, 0.5) is 0 Å². The van der Waals surface area contributed by atoms with Crippen molar-refractivity contribution in [2.45, 2.75) is 19.4 Å². The highest BCUT2D eigenvalue weighted by Crippen LogP contribution is 2.30. The SMILES string of the molecule is COC(=O)C1=C(c2ccc(C(=O)CCN3CCN(Cc4ccccc4)CC3)o2)C=CC1. The maximum Gasteiger partial charge on any atom is 0.334 e. The molecule has 0 bridgehead atoms. The van der Waals surface area contributed by atoms with Gasteiger partial charge in [0.05, 0.1) is 12.7 Å². The molecule has 2 heterocycles. The average molecular weight is 421 g/mol. The highest BCUT2D eigenvalue weighted by Gasteiger charge is 2.23. The summed E-state index contributed by atoms with van der Waals surface area (Å²) in [5, 5.41) is 0. The predicted octanol–water partition coefficient (Wildman–Crippen LogP) is 3.56. The van der Waals surface area contributed by atoms with E-state index in [0.29, 0.717) is 35.5 Å². The number of hydrogen-bond donors (Lipinski definition) is 0. The number of carbonyl (C=O) groups excluding carboxylic acids is 2. The van der Waals surface area contributed by atoms with E-state index < -0.39 is 0 Å². The lowest BCUT2D eigenvalue weighted by Gasteiger charge is -2.34. The maximum absolute atomic E-state index is 12.6. The van der Waals surface area contributed by atoms with Gasteiger partial charge in [-0.25, -0.2) is 4.79 Å². The van der Waals surface area contributed by atoms with Crippen LogP contribution in [0.2, 0.25) is 0 Å². The van der Waals surface area contributed by atoms with Crippen LogP contribution in [0.1, 0.15) is 34.7 Å². The molecule has 162 valence electrons. The Balaban J connectivity index is 1.27. The lowest BCUT2D eigenvalue weighted by molar-refractivity contribution is -0.136. The molecule has 1 aliphatic heterocycles. The molecule has 1 aromatic heterocycles. The fourth-order valence-corrected chi connectivity index (χ4v) is 4.08. The number of esters is 1. The third kappa shape index (κ3) is 5.21. The maximum atomic E-state index is 12.6. The first-order valence-corrected chi connectivity index (χ1v) is 10.7.